The van der Waals surface area contributed by atoms with Crippen LogP contribution in [0.5, 0.6) is 0 Å². The number of aromatic nitrogens is 4. The first-order valence-corrected chi connectivity index (χ1v) is 9.29. The Morgan fingerprint density at radius 1 is 1.27 bits per heavy atom. The lowest BCUT2D eigenvalue weighted by Crippen LogP contribution is -2.30. The Morgan fingerprint density at radius 3 is 2.81 bits per heavy atom. The summed E-state index contributed by atoms with van der Waals surface area (Å²) in [6.07, 6.45) is 3.44. The van der Waals surface area contributed by atoms with Crippen molar-refractivity contribution in [1.29, 1.82) is 0 Å². The number of hydrogen-bond acceptors (Lipinski definition) is 5. The first kappa shape index (κ1) is 18.4. The molecule has 26 heavy (non-hydrogen) atoms. The molecule has 1 unspecified atom stereocenters. The van der Waals surface area contributed by atoms with Gasteiger partial charge in [-0.1, -0.05) is 41.6 Å². The fraction of sp³-hybridized carbons (Fsp3) is 0.222. The Hall–Kier alpha value is -2.38. The van der Waals surface area contributed by atoms with Crippen LogP contribution in [0.15, 0.2) is 53.9 Å². The highest BCUT2D eigenvalue weighted by molar-refractivity contribution is 8.00. The van der Waals surface area contributed by atoms with Gasteiger partial charge in [0, 0.05) is 36.6 Å². The molecule has 3 aromatic rings. The first-order chi connectivity index (χ1) is 12.6. The maximum Gasteiger partial charge on any atom is 0.233 e. The molecule has 0 saturated heterocycles. The molecule has 1 amide bonds. The SMILES string of the molecule is CC(Sc1nnc(-c2cccnc2)n1C)C(=O)NCc1ccccc1Cl. The van der Waals surface area contributed by atoms with Crippen LogP contribution in [0.3, 0.4) is 0 Å². The van der Waals surface area contributed by atoms with Crippen molar-refractivity contribution in [3.05, 3.63) is 59.4 Å². The van der Waals surface area contributed by atoms with Crippen molar-refractivity contribution in [2.45, 2.75) is 23.9 Å². The Morgan fingerprint density at radius 2 is 2.08 bits per heavy atom. The summed E-state index contributed by atoms with van der Waals surface area (Å²) in [6.45, 7) is 2.23. The molecule has 8 heteroatoms. The van der Waals surface area contributed by atoms with Crippen molar-refractivity contribution in [1.82, 2.24) is 25.1 Å². The highest BCUT2D eigenvalue weighted by Gasteiger charge is 2.19. The Balaban J connectivity index is 1.63. The minimum absolute atomic E-state index is 0.0825. The van der Waals surface area contributed by atoms with Gasteiger partial charge in [-0.15, -0.1) is 10.2 Å². The summed E-state index contributed by atoms with van der Waals surface area (Å²) in [7, 11) is 1.87. The average Bonchev–Trinajstić information content (AvgIpc) is 3.02. The van der Waals surface area contributed by atoms with Crippen LogP contribution in [-0.2, 0) is 18.4 Å². The van der Waals surface area contributed by atoms with Crippen molar-refractivity contribution < 1.29 is 4.79 Å². The highest BCUT2D eigenvalue weighted by Crippen LogP contribution is 2.25. The molecule has 0 spiro atoms. The topological polar surface area (TPSA) is 72.7 Å². The van der Waals surface area contributed by atoms with Gasteiger partial charge in [-0.25, -0.2) is 0 Å². The summed E-state index contributed by atoms with van der Waals surface area (Å²) in [5, 5.41) is 12.3. The molecule has 0 aliphatic carbocycles. The monoisotopic (exact) mass is 387 g/mol. The number of nitrogens with zero attached hydrogens (tertiary/aromatic N) is 4. The number of pyridine rings is 1. The van der Waals surface area contributed by atoms with Gasteiger partial charge in [0.1, 0.15) is 0 Å². The minimum Gasteiger partial charge on any atom is -0.351 e. The number of hydrogen-bond donors (Lipinski definition) is 1. The van der Waals surface area contributed by atoms with Crippen LogP contribution < -0.4 is 5.32 Å². The van der Waals surface area contributed by atoms with E-state index in [9.17, 15) is 4.79 Å². The van der Waals surface area contributed by atoms with E-state index in [0.717, 1.165) is 11.1 Å². The van der Waals surface area contributed by atoms with Gasteiger partial charge in [0.25, 0.3) is 0 Å². The number of thioether (sulfide) groups is 1. The number of rotatable bonds is 6. The molecule has 1 atom stereocenters. The smallest absolute Gasteiger partial charge is 0.233 e. The lowest BCUT2D eigenvalue weighted by Gasteiger charge is -2.12. The molecule has 0 aliphatic heterocycles. The largest absolute Gasteiger partial charge is 0.351 e. The van der Waals surface area contributed by atoms with Gasteiger partial charge in [0.05, 0.1) is 5.25 Å². The molecule has 0 aliphatic rings. The van der Waals surface area contributed by atoms with Crippen molar-refractivity contribution in [2.24, 2.45) is 7.05 Å². The van der Waals surface area contributed by atoms with Crippen LogP contribution in [0.4, 0.5) is 0 Å². The Kier molecular flexibility index (Phi) is 5.90. The van der Waals surface area contributed by atoms with Crippen LogP contribution in [0, 0.1) is 0 Å². The van der Waals surface area contributed by atoms with E-state index in [1.54, 1.807) is 18.5 Å². The highest BCUT2D eigenvalue weighted by atomic mass is 35.5. The summed E-state index contributed by atoms with van der Waals surface area (Å²) < 4.78 is 1.86. The zero-order valence-corrected chi connectivity index (χ0v) is 16.0. The van der Waals surface area contributed by atoms with Gasteiger partial charge in [-0.3, -0.25) is 9.78 Å². The van der Waals surface area contributed by atoms with Crippen LogP contribution in [-0.4, -0.2) is 30.9 Å². The third-order valence-electron chi connectivity index (χ3n) is 3.82. The van der Waals surface area contributed by atoms with E-state index in [0.29, 0.717) is 22.5 Å². The summed E-state index contributed by atoms with van der Waals surface area (Å²) in [4.78, 5) is 16.5. The van der Waals surface area contributed by atoms with Crippen LogP contribution in [0.1, 0.15) is 12.5 Å². The van der Waals surface area contributed by atoms with E-state index in [4.69, 9.17) is 11.6 Å². The normalized spacial score (nSPS) is 12.0. The quantitative estimate of drug-likeness (QED) is 0.657. The fourth-order valence-corrected chi connectivity index (χ4v) is 3.39. The molecule has 6 nitrogen and oxygen atoms in total. The Bertz CT molecular complexity index is 900. The predicted octanol–water partition coefficient (Wildman–Crippen LogP) is 3.33. The molecular formula is C18H18ClN5OS. The van der Waals surface area contributed by atoms with E-state index >= 15 is 0 Å². The first-order valence-electron chi connectivity index (χ1n) is 8.04. The van der Waals surface area contributed by atoms with E-state index < -0.39 is 0 Å². The molecule has 0 fully saturated rings. The second-order valence-corrected chi connectivity index (χ2v) is 7.39. The molecule has 0 bridgehead atoms. The van der Waals surface area contributed by atoms with E-state index in [-0.39, 0.29) is 11.2 Å². The number of benzene rings is 1. The van der Waals surface area contributed by atoms with Crippen LogP contribution in [0.25, 0.3) is 11.4 Å². The van der Waals surface area contributed by atoms with Crippen LogP contribution >= 0.6 is 23.4 Å². The lowest BCUT2D eigenvalue weighted by molar-refractivity contribution is -0.120. The maximum absolute atomic E-state index is 12.4. The molecule has 134 valence electrons. The van der Waals surface area contributed by atoms with Crippen molar-refractivity contribution in [3.63, 3.8) is 0 Å². The second kappa shape index (κ2) is 8.33. The molecule has 0 radical (unpaired) electrons. The Labute approximate surface area is 161 Å². The third-order valence-corrected chi connectivity index (χ3v) is 5.32. The van der Waals surface area contributed by atoms with Crippen molar-refractivity contribution in [2.75, 3.05) is 0 Å². The van der Waals surface area contributed by atoms with E-state index in [1.165, 1.54) is 11.8 Å². The molecule has 2 heterocycles. The third kappa shape index (κ3) is 4.23. The molecule has 1 N–H and O–H groups in total. The molecule has 1 aromatic carbocycles. The van der Waals surface area contributed by atoms with Gasteiger partial charge < -0.3 is 9.88 Å². The van der Waals surface area contributed by atoms with Gasteiger partial charge >= 0.3 is 0 Å². The number of amides is 1. The van der Waals surface area contributed by atoms with Crippen LogP contribution in [0.2, 0.25) is 5.02 Å². The summed E-state index contributed by atoms with van der Waals surface area (Å²) in [5.41, 5.74) is 1.77. The minimum atomic E-state index is -0.317. The lowest BCUT2D eigenvalue weighted by atomic mass is 10.2. The van der Waals surface area contributed by atoms with E-state index in [1.807, 2.05) is 48.9 Å². The van der Waals surface area contributed by atoms with Gasteiger partial charge in [-0.2, -0.15) is 0 Å². The fourth-order valence-electron chi connectivity index (χ4n) is 2.34. The predicted molar refractivity (Wildman–Crippen MR) is 103 cm³/mol. The maximum atomic E-state index is 12.4. The van der Waals surface area contributed by atoms with Gasteiger partial charge in [0.2, 0.25) is 5.91 Å². The summed E-state index contributed by atoms with van der Waals surface area (Å²) >= 11 is 7.47. The number of carbonyl (C=O) groups excluding carboxylic acids is 1. The zero-order chi connectivity index (χ0) is 18.5. The average molecular weight is 388 g/mol. The summed E-state index contributed by atoms with van der Waals surface area (Å²) in [5.74, 6) is 0.630. The van der Waals surface area contributed by atoms with Gasteiger partial charge in [0.15, 0.2) is 11.0 Å². The zero-order valence-electron chi connectivity index (χ0n) is 14.4. The summed E-state index contributed by atoms with van der Waals surface area (Å²) in [6, 6.07) is 11.2. The molecule has 3 rings (SSSR count). The molecular weight excluding hydrogens is 370 g/mol. The molecule has 0 saturated carbocycles. The van der Waals surface area contributed by atoms with E-state index in [2.05, 4.69) is 20.5 Å². The standard InChI is InChI=1S/C18H18ClN5OS/c1-12(17(25)21-11-13-6-3-4-8-15(13)19)26-18-23-22-16(24(18)2)14-7-5-9-20-10-14/h3-10,12H,11H2,1-2H3,(H,21,25). The van der Waals surface area contributed by atoms with Crippen molar-refractivity contribution in [3.8, 4) is 11.4 Å². The van der Waals surface area contributed by atoms with Gasteiger partial charge in [-0.05, 0) is 30.7 Å². The number of nitrogens with one attached hydrogen (secondary N) is 1. The van der Waals surface area contributed by atoms with Crippen molar-refractivity contribution >= 4 is 29.3 Å². The second-order valence-electron chi connectivity index (χ2n) is 5.68. The number of halogens is 1. The number of carbonyl (C=O) groups is 1. The molecule has 2 aromatic heterocycles.